The predicted molar refractivity (Wildman–Crippen MR) is 225 cm³/mol. The van der Waals surface area contributed by atoms with E-state index in [-0.39, 0.29) is 12.1 Å². The molecule has 0 atom stereocenters. The fourth-order valence-electron chi connectivity index (χ4n) is 8.67. The number of hydrogen-bond acceptors (Lipinski definition) is 4. The lowest BCUT2D eigenvalue weighted by molar-refractivity contribution is 0.590. The van der Waals surface area contributed by atoms with Gasteiger partial charge < -0.3 is 9.80 Å². The van der Waals surface area contributed by atoms with Gasteiger partial charge in [0, 0.05) is 53.7 Å². The third kappa shape index (κ3) is 4.10. The minimum Gasteiger partial charge on any atom is -0.310 e. The number of thiophene rings is 2. The van der Waals surface area contributed by atoms with Crippen molar-refractivity contribution >= 4 is 120 Å². The Bertz CT molecular complexity index is 2710. The summed E-state index contributed by atoms with van der Waals surface area (Å²) >= 11 is 3.81. The van der Waals surface area contributed by atoms with E-state index >= 15 is 0 Å². The second-order valence-corrected chi connectivity index (χ2v) is 17.0. The molecule has 4 heterocycles. The number of benzene rings is 7. The first-order valence-electron chi connectivity index (χ1n) is 17.7. The fourth-order valence-corrected chi connectivity index (χ4v) is 11.1. The highest BCUT2D eigenvalue weighted by Gasteiger charge is 2.44. The van der Waals surface area contributed by atoms with E-state index in [1.807, 2.05) is 22.7 Å². The first-order chi connectivity index (χ1) is 25.0. The Labute approximate surface area is 305 Å². The van der Waals surface area contributed by atoms with Crippen molar-refractivity contribution < 1.29 is 0 Å². The molecule has 242 valence electrons. The molecular formula is C46H33BN2S2. The molecule has 0 amide bonds. The van der Waals surface area contributed by atoms with Crippen molar-refractivity contribution in [2.24, 2.45) is 0 Å². The molecule has 7 aromatic carbocycles. The quantitative estimate of drug-likeness (QED) is 0.167. The van der Waals surface area contributed by atoms with Gasteiger partial charge in [0.1, 0.15) is 0 Å². The second-order valence-electron chi connectivity index (χ2n) is 14.9. The summed E-state index contributed by atoms with van der Waals surface area (Å²) < 4.78 is 5.30. The third-order valence-corrected chi connectivity index (χ3v) is 13.4. The van der Waals surface area contributed by atoms with Gasteiger partial charge >= 0.3 is 0 Å². The third-order valence-electron chi connectivity index (χ3n) is 11.0. The van der Waals surface area contributed by atoms with Gasteiger partial charge in [-0.2, -0.15) is 0 Å². The average Bonchev–Trinajstić information content (AvgIpc) is 3.73. The van der Waals surface area contributed by atoms with Crippen LogP contribution in [-0.4, -0.2) is 6.71 Å². The fraction of sp³-hybridized carbons (Fsp3) is 0.0870. The van der Waals surface area contributed by atoms with Crippen molar-refractivity contribution in [2.45, 2.75) is 26.2 Å². The minimum absolute atomic E-state index is 0.0699. The van der Waals surface area contributed by atoms with Crippen molar-refractivity contribution in [2.75, 3.05) is 9.80 Å². The van der Waals surface area contributed by atoms with Crippen LogP contribution in [0.3, 0.4) is 0 Å². The maximum absolute atomic E-state index is 2.59. The van der Waals surface area contributed by atoms with Gasteiger partial charge in [-0.05, 0) is 75.9 Å². The summed E-state index contributed by atoms with van der Waals surface area (Å²) in [4.78, 5) is 5.17. The summed E-state index contributed by atoms with van der Waals surface area (Å²) in [6, 6.07) is 54.7. The van der Waals surface area contributed by atoms with Crippen LogP contribution in [-0.2, 0) is 5.41 Å². The van der Waals surface area contributed by atoms with Crippen LogP contribution in [0.15, 0.2) is 146 Å². The Morgan fingerprint density at radius 2 is 0.843 bits per heavy atom. The minimum atomic E-state index is -0.0699. The Morgan fingerprint density at radius 1 is 0.431 bits per heavy atom. The van der Waals surface area contributed by atoms with E-state index in [0.29, 0.717) is 0 Å². The highest BCUT2D eigenvalue weighted by Crippen LogP contribution is 2.51. The molecule has 0 fully saturated rings. The summed E-state index contributed by atoms with van der Waals surface area (Å²) in [5, 5.41) is 5.28. The number of rotatable bonds is 2. The SMILES string of the molecule is CC(C)(C)c1cc2c3c(c1)N(c1cccc4c1sc1ccccc14)c1ccccc1B3c1ccccc1N2c1cccc2c1sc1ccccc12. The molecule has 0 radical (unpaired) electrons. The maximum atomic E-state index is 2.59. The van der Waals surface area contributed by atoms with Gasteiger partial charge in [0.25, 0.3) is 6.71 Å². The molecule has 0 aliphatic carbocycles. The molecule has 51 heavy (non-hydrogen) atoms. The van der Waals surface area contributed by atoms with E-state index in [1.165, 1.54) is 96.4 Å². The molecule has 11 rings (SSSR count). The zero-order chi connectivity index (χ0) is 34.0. The van der Waals surface area contributed by atoms with Crippen LogP contribution < -0.4 is 26.2 Å². The van der Waals surface area contributed by atoms with Crippen molar-refractivity contribution in [3.63, 3.8) is 0 Å². The molecule has 2 aliphatic rings. The van der Waals surface area contributed by atoms with Crippen molar-refractivity contribution in [3.8, 4) is 0 Å². The summed E-state index contributed by atoms with van der Waals surface area (Å²) in [6.07, 6.45) is 0. The van der Waals surface area contributed by atoms with Crippen LogP contribution in [0.4, 0.5) is 34.1 Å². The van der Waals surface area contributed by atoms with Crippen molar-refractivity contribution in [3.05, 3.63) is 151 Å². The van der Waals surface area contributed by atoms with E-state index in [0.717, 1.165) is 0 Å². The molecule has 0 spiro atoms. The second kappa shape index (κ2) is 10.6. The Morgan fingerprint density at radius 3 is 1.33 bits per heavy atom. The van der Waals surface area contributed by atoms with Crippen LogP contribution in [0.1, 0.15) is 26.3 Å². The van der Waals surface area contributed by atoms with Gasteiger partial charge in [0.15, 0.2) is 0 Å². The van der Waals surface area contributed by atoms with E-state index < -0.39 is 0 Å². The number of anilines is 6. The van der Waals surface area contributed by atoms with E-state index in [2.05, 4.69) is 176 Å². The van der Waals surface area contributed by atoms with Crippen LogP contribution in [0.2, 0.25) is 0 Å². The summed E-state index contributed by atoms with van der Waals surface area (Å²) in [6.45, 7) is 7.15. The molecule has 0 unspecified atom stereocenters. The van der Waals surface area contributed by atoms with Crippen LogP contribution >= 0.6 is 22.7 Å². The monoisotopic (exact) mass is 688 g/mol. The lowest BCUT2D eigenvalue weighted by atomic mass is 9.33. The normalized spacial score (nSPS) is 13.7. The molecule has 0 saturated carbocycles. The molecule has 0 N–H and O–H groups in total. The zero-order valence-corrected chi connectivity index (χ0v) is 30.3. The van der Waals surface area contributed by atoms with Crippen LogP contribution in [0.5, 0.6) is 0 Å². The van der Waals surface area contributed by atoms with Crippen molar-refractivity contribution in [1.29, 1.82) is 0 Å². The van der Waals surface area contributed by atoms with Gasteiger partial charge in [0.2, 0.25) is 0 Å². The van der Waals surface area contributed by atoms with E-state index in [9.17, 15) is 0 Å². The zero-order valence-electron chi connectivity index (χ0n) is 28.6. The Hall–Kier alpha value is -5.36. The number of nitrogens with zero attached hydrogens (tertiary/aromatic N) is 2. The number of hydrogen-bond donors (Lipinski definition) is 0. The van der Waals surface area contributed by atoms with Gasteiger partial charge in [0.05, 0.1) is 20.8 Å². The van der Waals surface area contributed by atoms with E-state index in [4.69, 9.17) is 0 Å². The van der Waals surface area contributed by atoms with Crippen LogP contribution in [0.25, 0.3) is 40.3 Å². The molecule has 5 heteroatoms. The van der Waals surface area contributed by atoms with E-state index in [1.54, 1.807) is 0 Å². The topological polar surface area (TPSA) is 6.48 Å². The first-order valence-corrected chi connectivity index (χ1v) is 19.4. The molecular weight excluding hydrogens is 655 g/mol. The average molecular weight is 689 g/mol. The predicted octanol–water partition coefficient (Wildman–Crippen LogP) is 11.8. The van der Waals surface area contributed by atoms with Gasteiger partial charge in [-0.25, -0.2) is 0 Å². The molecule has 2 aromatic heterocycles. The summed E-state index contributed by atoms with van der Waals surface area (Å²) in [5.74, 6) is 0. The lowest BCUT2D eigenvalue weighted by Crippen LogP contribution is -2.61. The Kier molecular flexibility index (Phi) is 6.10. The molecule has 0 saturated heterocycles. The standard InChI is InChI=1S/C46H33BN2S2/c1-46(2,3)28-26-39-43-40(27-28)49(38-23-13-17-32-30-15-5-11-25-42(30)51-45(32)38)36-21-9-7-19-34(36)47(43)33-18-6-8-20-35(33)48(39)37-22-12-16-31-29-14-4-10-24-41(29)50-44(31)37/h4-27H,1-3H3. The summed E-state index contributed by atoms with van der Waals surface area (Å²) in [7, 11) is 0. The smallest absolute Gasteiger partial charge is 0.252 e. The molecule has 2 nitrogen and oxygen atoms in total. The maximum Gasteiger partial charge on any atom is 0.252 e. The molecule has 2 aliphatic heterocycles. The number of para-hydroxylation sites is 2. The molecule has 0 bridgehead atoms. The van der Waals surface area contributed by atoms with Gasteiger partial charge in [-0.15, -0.1) is 22.7 Å². The highest BCUT2D eigenvalue weighted by molar-refractivity contribution is 7.27. The van der Waals surface area contributed by atoms with Crippen molar-refractivity contribution in [1.82, 2.24) is 0 Å². The summed E-state index contributed by atoms with van der Waals surface area (Å²) in [5.41, 5.74) is 12.9. The largest absolute Gasteiger partial charge is 0.310 e. The first kappa shape index (κ1) is 29.4. The van der Waals surface area contributed by atoms with Gasteiger partial charge in [-0.3, -0.25) is 0 Å². The van der Waals surface area contributed by atoms with Crippen LogP contribution in [0, 0.1) is 0 Å². The van der Waals surface area contributed by atoms with Gasteiger partial charge in [-0.1, -0.05) is 118 Å². The molecule has 9 aromatic rings. The highest BCUT2D eigenvalue weighted by atomic mass is 32.1. The Balaban J connectivity index is 1.27. The number of fused-ring (bicyclic) bond motifs is 10. The lowest BCUT2D eigenvalue weighted by Gasteiger charge is -2.45.